The summed E-state index contributed by atoms with van der Waals surface area (Å²) in [7, 11) is 2.18. The summed E-state index contributed by atoms with van der Waals surface area (Å²) in [6.07, 6.45) is 2.95. The molecule has 1 fully saturated rings. The molecule has 1 saturated heterocycles. The Morgan fingerprint density at radius 1 is 1.44 bits per heavy atom. The molecule has 16 heavy (non-hydrogen) atoms. The Bertz CT molecular complexity index is 180. The van der Waals surface area contributed by atoms with Crippen molar-refractivity contribution in [2.75, 3.05) is 51.7 Å². The first-order valence-electron chi connectivity index (χ1n) is 6.34. The Labute approximate surface area is 108 Å². The largest absolute Gasteiger partial charge is 0.374 e. The van der Waals surface area contributed by atoms with Crippen molar-refractivity contribution in [1.29, 1.82) is 0 Å². The first-order valence-corrected chi connectivity index (χ1v) is 7.47. The van der Waals surface area contributed by atoms with E-state index in [9.17, 15) is 0 Å². The molecule has 0 saturated carbocycles. The predicted molar refractivity (Wildman–Crippen MR) is 72.4 cm³/mol. The van der Waals surface area contributed by atoms with Crippen LogP contribution in [0, 0.1) is 0 Å². The van der Waals surface area contributed by atoms with Crippen molar-refractivity contribution in [3.63, 3.8) is 0 Å². The maximum Gasteiger partial charge on any atom is 0.0829 e. The third kappa shape index (κ3) is 5.62. The van der Waals surface area contributed by atoms with Gasteiger partial charge in [0, 0.05) is 31.5 Å². The van der Waals surface area contributed by atoms with Crippen molar-refractivity contribution >= 4 is 15.9 Å². The molecule has 0 aliphatic carbocycles. The number of unbranched alkanes of at least 4 members (excludes halogenated alkanes) is 1. The maximum atomic E-state index is 5.81. The first-order chi connectivity index (χ1) is 7.76. The van der Waals surface area contributed by atoms with Crippen LogP contribution >= 0.6 is 15.9 Å². The van der Waals surface area contributed by atoms with Gasteiger partial charge >= 0.3 is 0 Å². The van der Waals surface area contributed by atoms with Crippen LogP contribution in [0.25, 0.3) is 0 Å². The van der Waals surface area contributed by atoms with Crippen LogP contribution in [-0.2, 0) is 4.74 Å². The molecule has 4 heteroatoms. The molecule has 0 radical (unpaired) electrons. The van der Waals surface area contributed by atoms with Gasteiger partial charge in [0.2, 0.25) is 0 Å². The number of hydrogen-bond donors (Lipinski definition) is 0. The van der Waals surface area contributed by atoms with Crippen molar-refractivity contribution in [3.8, 4) is 0 Å². The lowest BCUT2D eigenvalue weighted by Crippen LogP contribution is -2.46. The molecule has 96 valence electrons. The number of morpholine rings is 1. The minimum absolute atomic E-state index is 0.398. The van der Waals surface area contributed by atoms with Gasteiger partial charge in [-0.05, 0) is 20.0 Å². The van der Waals surface area contributed by atoms with E-state index in [1.165, 1.54) is 19.4 Å². The lowest BCUT2D eigenvalue weighted by atomic mass is 10.2. The average molecular weight is 293 g/mol. The third-order valence-corrected chi connectivity index (χ3v) is 3.39. The van der Waals surface area contributed by atoms with Crippen LogP contribution in [-0.4, -0.2) is 67.6 Å². The molecule has 0 spiro atoms. The highest BCUT2D eigenvalue weighted by Gasteiger charge is 2.19. The number of ether oxygens (including phenoxy) is 1. The second-order valence-electron chi connectivity index (χ2n) is 4.60. The molecular weight excluding hydrogens is 268 g/mol. The molecule has 0 aromatic rings. The number of alkyl halides is 1. The number of halogens is 1. The second-order valence-corrected chi connectivity index (χ2v) is 5.39. The fourth-order valence-corrected chi connectivity index (χ4v) is 2.56. The Kier molecular flexibility index (Phi) is 7.62. The molecule has 1 aliphatic heterocycles. The molecule has 3 nitrogen and oxygen atoms in total. The Morgan fingerprint density at radius 2 is 2.25 bits per heavy atom. The zero-order valence-corrected chi connectivity index (χ0v) is 12.2. The van der Waals surface area contributed by atoms with E-state index in [1.54, 1.807) is 0 Å². The van der Waals surface area contributed by atoms with Crippen molar-refractivity contribution in [2.24, 2.45) is 0 Å². The summed E-state index contributed by atoms with van der Waals surface area (Å²) in [5.74, 6) is 0. The van der Waals surface area contributed by atoms with Crippen molar-refractivity contribution < 1.29 is 4.74 Å². The molecular formula is C12H25BrN2O. The van der Waals surface area contributed by atoms with E-state index in [2.05, 4.69) is 39.7 Å². The fourth-order valence-electron chi connectivity index (χ4n) is 2.06. The summed E-state index contributed by atoms with van der Waals surface area (Å²) in [5, 5.41) is 1.05. The number of rotatable bonds is 7. The highest BCUT2D eigenvalue weighted by molar-refractivity contribution is 9.09. The summed E-state index contributed by atoms with van der Waals surface area (Å²) >= 11 is 3.53. The second kappa shape index (κ2) is 8.45. The molecule has 1 heterocycles. The number of likely N-dealkylation sites (N-methyl/N-ethyl adjacent to an activating group) is 1. The molecule has 0 N–H and O–H groups in total. The van der Waals surface area contributed by atoms with Crippen LogP contribution in [0.15, 0.2) is 0 Å². The topological polar surface area (TPSA) is 15.7 Å². The quantitative estimate of drug-likeness (QED) is 0.666. The van der Waals surface area contributed by atoms with Crippen molar-refractivity contribution in [2.45, 2.75) is 25.9 Å². The van der Waals surface area contributed by atoms with Gasteiger partial charge in [0.05, 0.1) is 12.7 Å². The Morgan fingerprint density at radius 3 is 2.88 bits per heavy atom. The monoisotopic (exact) mass is 292 g/mol. The summed E-state index contributed by atoms with van der Waals surface area (Å²) in [4.78, 5) is 4.88. The van der Waals surface area contributed by atoms with Gasteiger partial charge in [-0.3, -0.25) is 4.90 Å². The van der Waals surface area contributed by atoms with Crippen molar-refractivity contribution in [1.82, 2.24) is 9.80 Å². The average Bonchev–Trinajstić information content (AvgIpc) is 2.26. The summed E-state index contributed by atoms with van der Waals surface area (Å²) < 4.78 is 5.81. The fraction of sp³-hybridized carbons (Fsp3) is 1.00. The van der Waals surface area contributed by atoms with Gasteiger partial charge in [-0.15, -0.1) is 0 Å². The predicted octanol–water partition coefficient (Wildman–Crippen LogP) is 1.81. The van der Waals surface area contributed by atoms with Gasteiger partial charge in [0.15, 0.2) is 0 Å². The van der Waals surface area contributed by atoms with Crippen LogP contribution in [0.4, 0.5) is 0 Å². The van der Waals surface area contributed by atoms with Gasteiger partial charge in [-0.1, -0.05) is 29.3 Å². The third-order valence-electron chi connectivity index (χ3n) is 3.03. The molecule has 1 rings (SSSR count). The van der Waals surface area contributed by atoms with E-state index in [1.807, 2.05) is 0 Å². The van der Waals surface area contributed by atoms with E-state index in [0.29, 0.717) is 6.10 Å². The Hall–Kier alpha value is 0.360. The zero-order valence-electron chi connectivity index (χ0n) is 10.6. The van der Waals surface area contributed by atoms with E-state index in [0.717, 1.165) is 38.1 Å². The molecule has 0 bridgehead atoms. The molecule has 1 unspecified atom stereocenters. The van der Waals surface area contributed by atoms with Crippen LogP contribution < -0.4 is 0 Å². The molecule has 0 aromatic carbocycles. The van der Waals surface area contributed by atoms with Crippen molar-refractivity contribution in [3.05, 3.63) is 0 Å². The molecule has 0 amide bonds. The SMILES string of the molecule is CCCCN(CCBr)CC1CN(C)CCO1. The highest BCUT2D eigenvalue weighted by atomic mass is 79.9. The Balaban J connectivity index is 2.28. The van der Waals surface area contributed by atoms with Gasteiger partial charge in [0.25, 0.3) is 0 Å². The van der Waals surface area contributed by atoms with Gasteiger partial charge in [0.1, 0.15) is 0 Å². The molecule has 1 aliphatic rings. The van der Waals surface area contributed by atoms with E-state index in [-0.39, 0.29) is 0 Å². The minimum Gasteiger partial charge on any atom is -0.374 e. The van der Waals surface area contributed by atoms with Gasteiger partial charge in [-0.2, -0.15) is 0 Å². The smallest absolute Gasteiger partial charge is 0.0829 e. The summed E-state index contributed by atoms with van der Waals surface area (Å²) in [6, 6.07) is 0. The minimum atomic E-state index is 0.398. The number of hydrogen-bond acceptors (Lipinski definition) is 3. The van der Waals surface area contributed by atoms with Gasteiger partial charge in [-0.25, -0.2) is 0 Å². The lowest BCUT2D eigenvalue weighted by Gasteiger charge is -2.33. The lowest BCUT2D eigenvalue weighted by molar-refractivity contribution is -0.0349. The summed E-state index contributed by atoms with van der Waals surface area (Å²) in [5.41, 5.74) is 0. The molecule has 1 atom stereocenters. The van der Waals surface area contributed by atoms with E-state index < -0.39 is 0 Å². The summed E-state index contributed by atoms with van der Waals surface area (Å²) in [6.45, 7) is 8.69. The standard InChI is InChI=1S/C12H25BrN2O/c1-3-4-6-15(7-5-13)11-12-10-14(2)8-9-16-12/h12H,3-11H2,1-2H3. The highest BCUT2D eigenvalue weighted by Crippen LogP contribution is 2.06. The zero-order chi connectivity index (χ0) is 11.8. The maximum absolute atomic E-state index is 5.81. The van der Waals surface area contributed by atoms with E-state index in [4.69, 9.17) is 4.74 Å². The normalized spacial score (nSPS) is 22.9. The van der Waals surface area contributed by atoms with Crippen LogP contribution in [0.3, 0.4) is 0 Å². The first kappa shape index (κ1) is 14.4. The van der Waals surface area contributed by atoms with E-state index >= 15 is 0 Å². The molecule has 0 aromatic heterocycles. The van der Waals surface area contributed by atoms with Crippen LogP contribution in [0.2, 0.25) is 0 Å². The number of nitrogens with zero attached hydrogens (tertiary/aromatic N) is 2. The van der Waals surface area contributed by atoms with Crippen LogP contribution in [0.1, 0.15) is 19.8 Å². The van der Waals surface area contributed by atoms with Crippen LogP contribution in [0.5, 0.6) is 0 Å². The van der Waals surface area contributed by atoms with Gasteiger partial charge < -0.3 is 9.64 Å².